The average Bonchev–Trinajstić information content (AvgIpc) is 3.17. The number of aryl methyl sites for hydroxylation is 3. The van der Waals surface area contributed by atoms with Crippen LogP contribution in [0.5, 0.6) is 0 Å². The summed E-state index contributed by atoms with van der Waals surface area (Å²) in [5.74, 6) is 0.560. The minimum atomic E-state index is -0.119. The molecule has 0 fully saturated rings. The minimum absolute atomic E-state index is 0.119. The highest BCUT2D eigenvalue weighted by atomic mass is 32.1. The maximum atomic E-state index is 12.2. The zero-order chi connectivity index (χ0) is 17.1. The third-order valence-electron chi connectivity index (χ3n) is 3.93. The van der Waals surface area contributed by atoms with E-state index in [0.29, 0.717) is 10.9 Å². The summed E-state index contributed by atoms with van der Waals surface area (Å²) in [6.07, 6.45) is 1.25. The Morgan fingerprint density at radius 1 is 1.25 bits per heavy atom. The van der Waals surface area contributed by atoms with E-state index in [9.17, 15) is 4.79 Å². The van der Waals surface area contributed by atoms with Gasteiger partial charge in [-0.25, -0.2) is 4.98 Å². The molecule has 0 saturated heterocycles. The fraction of sp³-hybridized carbons (Fsp3) is 0.278. The fourth-order valence-electron chi connectivity index (χ4n) is 2.45. The molecule has 0 spiro atoms. The lowest BCUT2D eigenvalue weighted by Crippen LogP contribution is -2.15. The number of thiazole rings is 1. The van der Waals surface area contributed by atoms with Crippen molar-refractivity contribution in [2.75, 3.05) is 5.32 Å². The summed E-state index contributed by atoms with van der Waals surface area (Å²) >= 11 is 1.42. The zero-order valence-corrected chi connectivity index (χ0v) is 14.7. The van der Waals surface area contributed by atoms with E-state index >= 15 is 0 Å². The van der Waals surface area contributed by atoms with Gasteiger partial charge in [-0.15, -0.1) is 11.3 Å². The first-order valence-corrected chi connectivity index (χ1v) is 8.71. The van der Waals surface area contributed by atoms with Crippen LogP contribution in [0.1, 0.15) is 29.5 Å². The van der Waals surface area contributed by atoms with Gasteiger partial charge in [0.05, 0.1) is 17.8 Å². The molecule has 5 nitrogen and oxygen atoms in total. The highest BCUT2D eigenvalue weighted by molar-refractivity contribution is 7.14. The quantitative estimate of drug-likeness (QED) is 0.756. The normalized spacial score (nSPS) is 10.8. The second kappa shape index (κ2) is 6.97. The number of carbonyl (C=O) groups excluding carboxylic acids is 1. The highest BCUT2D eigenvalue weighted by Crippen LogP contribution is 2.25. The van der Waals surface area contributed by atoms with Crippen molar-refractivity contribution in [3.63, 3.8) is 0 Å². The topological polar surface area (TPSA) is 68.0 Å². The Bertz CT molecular complexity index is 830. The monoisotopic (exact) mass is 341 g/mol. The van der Waals surface area contributed by atoms with Gasteiger partial charge in [0, 0.05) is 16.5 Å². The van der Waals surface area contributed by atoms with Crippen LogP contribution in [0.3, 0.4) is 0 Å². The Labute approximate surface area is 144 Å². The molecule has 1 amide bonds. The zero-order valence-electron chi connectivity index (χ0n) is 13.9. The van der Waals surface area contributed by atoms with E-state index in [1.165, 1.54) is 16.9 Å². The Kier molecular flexibility index (Phi) is 4.76. The molecule has 124 valence electrons. The SMILES string of the molecule is CCc1ccc(-c2csc(NC(=O)Cc3c(C)noc3C)n2)cc1. The van der Waals surface area contributed by atoms with E-state index in [0.717, 1.165) is 28.9 Å². The highest BCUT2D eigenvalue weighted by Gasteiger charge is 2.15. The predicted molar refractivity (Wildman–Crippen MR) is 95.2 cm³/mol. The molecule has 1 aromatic carbocycles. The lowest BCUT2D eigenvalue weighted by molar-refractivity contribution is -0.115. The fourth-order valence-corrected chi connectivity index (χ4v) is 3.19. The van der Waals surface area contributed by atoms with Crippen LogP contribution in [0.25, 0.3) is 11.3 Å². The number of nitrogens with one attached hydrogen (secondary N) is 1. The molecule has 0 saturated carbocycles. The van der Waals surface area contributed by atoms with Crippen molar-refractivity contribution < 1.29 is 9.32 Å². The van der Waals surface area contributed by atoms with Gasteiger partial charge in [-0.05, 0) is 25.8 Å². The Morgan fingerprint density at radius 3 is 2.62 bits per heavy atom. The third-order valence-corrected chi connectivity index (χ3v) is 4.68. The van der Waals surface area contributed by atoms with Gasteiger partial charge < -0.3 is 9.84 Å². The van der Waals surface area contributed by atoms with Crippen LogP contribution < -0.4 is 5.32 Å². The Hall–Kier alpha value is -2.47. The molecular formula is C18H19N3O2S. The van der Waals surface area contributed by atoms with Gasteiger partial charge in [0.2, 0.25) is 5.91 Å². The molecular weight excluding hydrogens is 322 g/mol. The number of carbonyl (C=O) groups is 1. The maximum absolute atomic E-state index is 12.2. The first-order valence-electron chi connectivity index (χ1n) is 7.83. The molecule has 2 heterocycles. The number of anilines is 1. The van der Waals surface area contributed by atoms with E-state index in [2.05, 4.69) is 46.6 Å². The Balaban J connectivity index is 1.68. The molecule has 2 aromatic heterocycles. The lowest BCUT2D eigenvalue weighted by atomic mass is 10.1. The van der Waals surface area contributed by atoms with Crippen LogP contribution in [0.15, 0.2) is 34.2 Å². The van der Waals surface area contributed by atoms with Crippen molar-refractivity contribution in [1.82, 2.24) is 10.1 Å². The maximum Gasteiger partial charge on any atom is 0.230 e. The van der Waals surface area contributed by atoms with Crippen LogP contribution >= 0.6 is 11.3 Å². The van der Waals surface area contributed by atoms with Crippen molar-refractivity contribution in [1.29, 1.82) is 0 Å². The first-order chi connectivity index (χ1) is 11.6. The van der Waals surface area contributed by atoms with Gasteiger partial charge in [-0.1, -0.05) is 36.3 Å². The van der Waals surface area contributed by atoms with E-state index in [-0.39, 0.29) is 12.3 Å². The molecule has 3 rings (SSSR count). The summed E-state index contributed by atoms with van der Waals surface area (Å²) in [4.78, 5) is 16.7. The van der Waals surface area contributed by atoms with E-state index in [1.54, 1.807) is 0 Å². The smallest absolute Gasteiger partial charge is 0.230 e. The number of amides is 1. The van der Waals surface area contributed by atoms with Crippen molar-refractivity contribution in [3.8, 4) is 11.3 Å². The number of rotatable bonds is 5. The van der Waals surface area contributed by atoms with Crippen LogP contribution in [-0.2, 0) is 17.6 Å². The predicted octanol–water partition coefficient (Wildman–Crippen LogP) is 4.16. The molecule has 6 heteroatoms. The molecule has 0 aliphatic carbocycles. The van der Waals surface area contributed by atoms with Crippen LogP contribution in [0, 0.1) is 13.8 Å². The van der Waals surface area contributed by atoms with Crippen molar-refractivity contribution >= 4 is 22.4 Å². The van der Waals surface area contributed by atoms with E-state index in [4.69, 9.17) is 4.52 Å². The van der Waals surface area contributed by atoms with Gasteiger partial charge in [0.25, 0.3) is 0 Å². The largest absolute Gasteiger partial charge is 0.361 e. The van der Waals surface area contributed by atoms with Crippen molar-refractivity contribution in [2.45, 2.75) is 33.6 Å². The summed E-state index contributed by atoms with van der Waals surface area (Å²) in [6, 6.07) is 8.32. The summed E-state index contributed by atoms with van der Waals surface area (Å²) in [6.45, 7) is 5.77. The lowest BCUT2D eigenvalue weighted by Gasteiger charge is -2.02. The van der Waals surface area contributed by atoms with Crippen molar-refractivity contribution in [2.24, 2.45) is 0 Å². The van der Waals surface area contributed by atoms with E-state index < -0.39 is 0 Å². The van der Waals surface area contributed by atoms with Gasteiger partial charge >= 0.3 is 0 Å². The number of aromatic nitrogens is 2. The standard InChI is InChI=1S/C18H19N3O2S/c1-4-13-5-7-14(8-6-13)16-10-24-18(19-16)20-17(22)9-15-11(2)21-23-12(15)3/h5-8,10H,4,9H2,1-3H3,(H,19,20,22). The summed E-state index contributed by atoms with van der Waals surface area (Å²) in [5, 5.41) is 9.26. The van der Waals surface area contributed by atoms with Gasteiger partial charge in [-0.3, -0.25) is 4.79 Å². The molecule has 0 radical (unpaired) electrons. The first kappa shape index (κ1) is 16.4. The molecule has 0 unspecified atom stereocenters. The second-order valence-corrected chi connectivity index (χ2v) is 6.47. The summed E-state index contributed by atoms with van der Waals surface area (Å²) in [5.41, 5.74) is 4.80. The van der Waals surface area contributed by atoms with E-state index in [1.807, 2.05) is 19.2 Å². The van der Waals surface area contributed by atoms with Crippen LogP contribution in [0.2, 0.25) is 0 Å². The minimum Gasteiger partial charge on any atom is -0.361 e. The van der Waals surface area contributed by atoms with Gasteiger partial charge in [0.1, 0.15) is 5.76 Å². The number of hydrogen-bond acceptors (Lipinski definition) is 5. The molecule has 3 aromatic rings. The Morgan fingerprint density at radius 2 is 2.00 bits per heavy atom. The van der Waals surface area contributed by atoms with Crippen LogP contribution in [0.4, 0.5) is 5.13 Å². The number of benzene rings is 1. The number of hydrogen-bond donors (Lipinski definition) is 1. The summed E-state index contributed by atoms with van der Waals surface area (Å²) < 4.78 is 5.08. The average molecular weight is 341 g/mol. The molecule has 24 heavy (non-hydrogen) atoms. The van der Waals surface area contributed by atoms with Crippen LogP contribution in [-0.4, -0.2) is 16.0 Å². The number of nitrogens with zero attached hydrogens (tertiary/aromatic N) is 2. The third kappa shape index (κ3) is 3.54. The molecule has 0 bridgehead atoms. The summed E-state index contributed by atoms with van der Waals surface area (Å²) in [7, 11) is 0. The van der Waals surface area contributed by atoms with Crippen molar-refractivity contribution in [3.05, 3.63) is 52.2 Å². The molecule has 0 atom stereocenters. The van der Waals surface area contributed by atoms with Gasteiger partial charge in [0.15, 0.2) is 5.13 Å². The molecule has 0 aliphatic rings. The molecule has 1 N–H and O–H groups in total. The second-order valence-electron chi connectivity index (χ2n) is 5.62. The van der Waals surface area contributed by atoms with Gasteiger partial charge in [-0.2, -0.15) is 0 Å². The molecule has 0 aliphatic heterocycles.